The van der Waals surface area contributed by atoms with Gasteiger partial charge in [-0.05, 0) is 22.1 Å². The lowest BCUT2D eigenvalue weighted by Crippen LogP contribution is -2.32. The number of aromatic nitrogens is 3. The van der Waals surface area contributed by atoms with Gasteiger partial charge in [0.25, 0.3) is 0 Å². The van der Waals surface area contributed by atoms with E-state index in [0.717, 1.165) is 17.3 Å². The summed E-state index contributed by atoms with van der Waals surface area (Å²) < 4.78 is 26.1. The van der Waals surface area contributed by atoms with Crippen LogP contribution in [0.2, 0.25) is 0 Å². The Morgan fingerprint density at radius 1 is 1.30 bits per heavy atom. The molecule has 1 aliphatic heterocycles. The van der Waals surface area contributed by atoms with E-state index in [1.807, 2.05) is 24.3 Å². The molecular weight excluding hydrogens is 355 g/mol. The molecule has 0 saturated carbocycles. The number of imidazole rings is 1. The maximum atomic E-state index is 13.3. The van der Waals surface area contributed by atoms with E-state index in [9.17, 15) is 14.5 Å². The van der Waals surface area contributed by atoms with E-state index in [1.54, 1.807) is 10.8 Å². The number of halogens is 1. The number of ether oxygens (including phenoxy) is 2. The van der Waals surface area contributed by atoms with E-state index in [-0.39, 0.29) is 30.4 Å². The SMILES string of the molecule is O=[N+]([O-])c1cn2c(n1)OC[C@@H](OCc1ccc(-c3cncc(F)c3)cc1)C2. The zero-order valence-corrected chi connectivity index (χ0v) is 14.1. The van der Waals surface area contributed by atoms with Crippen LogP contribution in [0.5, 0.6) is 6.01 Å². The van der Waals surface area contributed by atoms with Crippen LogP contribution in [0.1, 0.15) is 5.56 Å². The van der Waals surface area contributed by atoms with E-state index in [2.05, 4.69) is 9.97 Å². The average Bonchev–Trinajstić information content (AvgIpc) is 3.10. The van der Waals surface area contributed by atoms with Gasteiger partial charge in [-0.15, -0.1) is 0 Å². The molecule has 0 aliphatic carbocycles. The molecular formula is C18H15FN4O4. The van der Waals surface area contributed by atoms with Gasteiger partial charge in [0.2, 0.25) is 0 Å². The fraction of sp³-hybridized carbons (Fsp3) is 0.222. The first-order chi connectivity index (χ1) is 13.1. The number of nitro groups is 1. The topological polar surface area (TPSA) is 92.3 Å². The minimum atomic E-state index is -0.555. The van der Waals surface area contributed by atoms with Crippen LogP contribution in [0.3, 0.4) is 0 Å². The maximum absolute atomic E-state index is 13.3. The summed E-state index contributed by atoms with van der Waals surface area (Å²) in [5.74, 6) is -0.621. The summed E-state index contributed by atoms with van der Waals surface area (Å²) in [6.07, 6.45) is 3.87. The number of rotatable bonds is 5. The quantitative estimate of drug-likeness (QED) is 0.506. The molecule has 27 heavy (non-hydrogen) atoms. The Hall–Kier alpha value is -3.33. The van der Waals surface area contributed by atoms with Crippen LogP contribution < -0.4 is 4.74 Å². The third kappa shape index (κ3) is 3.77. The van der Waals surface area contributed by atoms with Gasteiger partial charge in [0.1, 0.15) is 24.7 Å². The third-order valence-electron chi connectivity index (χ3n) is 4.19. The fourth-order valence-corrected chi connectivity index (χ4v) is 2.84. The number of hydrogen-bond donors (Lipinski definition) is 0. The predicted octanol–water partition coefficient (Wildman–Crippen LogP) is 2.97. The lowest BCUT2D eigenvalue weighted by atomic mass is 10.1. The van der Waals surface area contributed by atoms with Crippen molar-refractivity contribution < 1.29 is 18.8 Å². The second-order valence-corrected chi connectivity index (χ2v) is 6.12. The zero-order chi connectivity index (χ0) is 18.8. The summed E-state index contributed by atoms with van der Waals surface area (Å²) in [5.41, 5.74) is 2.52. The van der Waals surface area contributed by atoms with E-state index in [0.29, 0.717) is 18.7 Å². The molecule has 138 valence electrons. The molecule has 2 aromatic heterocycles. The Morgan fingerprint density at radius 2 is 2.11 bits per heavy atom. The molecule has 1 atom stereocenters. The monoisotopic (exact) mass is 370 g/mol. The summed E-state index contributed by atoms with van der Waals surface area (Å²) in [5, 5.41) is 10.8. The van der Waals surface area contributed by atoms with Gasteiger partial charge in [0, 0.05) is 16.7 Å². The highest BCUT2D eigenvalue weighted by Crippen LogP contribution is 2.23. The zero-order valence-electron chi connectivity index (χ0n) is 14.1. The van der Waals surface area contributed by atoms with Crippen molar-refractivity contribution in [2.75, 3.05) is 6.61 Å². The molecule has 0 saturated heterocycles. The van der Waals surface area contributed by atoms with Crippen molar-refractivity contribution in [1.29, 1.82) is 0 Å². The highest BCUT2D eigenvalue weighted by molar-refractivity contribution is 5.62. The molecule has 1 aromatic carbocycles. The molecule has 9 heteroatoms. The summed E-state index contributed by atoms with van der Waals surface area (Å²) >= 11 is 0. The van der Waals surface area contributed by atoms with Crippen molar-refractivity contribution in [2.45, 2.75) is 19.3 Å². The van der Waals surface area contributed by atoms with Crippen LogP contribution in [0.15, 0.2) is 48.9 Å². The largest absolute Gasteiger partial charge is 0.443 e. The Kier molecular flexibility index (Phi) is 4.51. The van der Waals surface area contributed by atoms with Crippen molar-refractivity contribution in [3.63, 3.8) is 0 Å². The Balaban J connectivity index is 1.37. The van der Waals surface area contributed by atoms with Crippen molar-refractivity contribution in [3.05, 3.63) is 70.4 Å². The molecule has 3 aromatic rings. The molecule has 0 amide bonds. The highest BCUT2D eigenvalue weighted by atomic mass is 19.1. The van der Waals surface area contributed by atoms with Gasteiger partial charge >= 0.3 is 11.8 Å². The van der Waals surface area contributed by atoms with E-state index >= 15 is 0 Å². The minimum absolute atomic E-state index is 0.231. The van der Waals surface area contributed by atoms with Gasteiger partial charge in [-0.25, -0.2) is 4.39 Å². The van der Waals surface area contributed by atoms with Crippen LogP contribution in [-0.4, -0.2) is 32.2 Å². The number of hydrogen-bond acceptors (Lipinski definition) is 6. The van der Waals surface area contributed by atoms with Crippen LogP contribution in [0.25, 0.3) is 11.1 Å². The third-order valence-corrected chi connectivity index (χ3v) is 4.19. The molecule has 0 fully saturated rings. The minimum Gasteiger partial charge on any atom is -0.443 e. The molecule has 3 heterocycles. The first-order valence-electron chi connectivity index (χ1n) is 8.24. The normalized spacial score (nSPS) is 15.8. The smallest absolute Gasteiger partial charge is 0.414 e. The molecule has 0 spiro atoms. The lowest BCUT2D eigenvalue weighted by Gasteiger charge is -2.22. The van der Waals surface area contributed by atoms with Gasteiger partial charge < -0.3 is 19.6 Å². The van der Waals surface area contributed by atoms with Gasteiger partial charge in [0.15, 0.2) is 0 Å². The number of nitrogens with zero attached hydrogens (tertiary/aromatic N) is 4. The second-order valence-electron chi connectivity index (χ2n) is 6.12. The summed E-state index contributed by atoms with van der Waals surface area (Å²) in [6, 6.07) is 9.22. The van der Waals surface area contributed by atoms with Gasteiger partial charge in [-0.1, -0.05) is 24.3 Å². The summed E-state index contributed by atoms with van der Waals surface area (Å²) in [4.78, 5) is 17.9. The molecule has 0 radical (unpaired) electrons. The van der Waals surface area contributed by atoms with Gasteiger partial charge in [-0.2, -0.15) is 0 Å². The molecule has 0 N–H and O–H groups in total. The molecule has 0 unspecified atom stereocenters. The Bertz CT molecular complexity index is 974. The van der Waals surface area contributed by atoms with Crippen LogP contribution >= 0.6 is 0 Å². The van der Waals surface area contributed by atoms with Crippen molar-refractivity contribution in [3.8, 4) is 17.1 Å². The Labute approximate surface area is 153 Å². The highest BCUT2D eigenvalue weighted by Gasteiger charge is 2.28. The molecule has 0 bridgehead atoms. The molecule has 1 aliphatic rings. The average molecular weight is 370 g/mol. The van der Waals surface area contributed by atoms with Crippen molar-refractivity contribution in [1.82, 2.24) is 14.5 Å². The maximum Gasteiger partial charge on any atom is 0.414 e. The van der Waals surface area contributed by atoms with E-state index in [1.165, 1.54) is 12.3 Å². The molecule has 8 nitrogen and oxygen atoms in total. The van der Waals surface area contributed by atoms with Gasteiger partial charge in [0.05, 0.1) is 19.3 Å². The number of benzene rings is 1. The molecule has 4 rings (SSSR count). The Morgan fingerprint density at radius 3 is 2.85 bits per heavy atom. The van der Waals surface area contributed by atoms with Crippen LogP contribution in [-0.2, 0) is 17.9 Å². The van der Waals surface area contributed by atoms with Gasteiger partial charge in [-0.3, -0.25) is 9.55 Å². The van der Waals surface area contributed by atoms with Crippen LogP contribution in [0, 0.1) is 15.9 Å². The first kappa shape index (κ1) is 17.1. The number of pyridine rings is 1. The predicted molar refractivity (Wildman–Crippen MR) is 92.6 cm³/mol. The van der Waals surface area contributed by atoms with E-state index < -0.39 is 4.92 Å². The lowest BCUT2D eigenvalue weighted by molar-refractivity contribution is -0.389. The van der Waals surface area contributed by atoms with Crippen molar-refractivity contribution in [2.24, 2.45) is 0 Å². The fourth-order valence-electron chi connectivity index (χ4n) is 2.84. The number of fused-ring (bicyclic) bond motifs is 1. The summed E-state index contributed by atoms with van der Waals surface area (Å²) in [7, 11) is 0. The van der Waals surface area contributed by atoms with Crippen molar-refractivity contribution >= 4 is 5.82 Å². The van der Waals surface area contributed by atoms with Crippen LogP contribution in [0.4, 0.5) is 10.2 Å². The second kappa shape index (κ2) is 7.12. The first-order valence-corrected chi connectivity index (χ1v) is 8.24. The standard InChI is InChI=1S/C18H15FN4O4/c19-15-5-14(6-20-7-15)13-3-1-12(2-4-13)10-26-16-8-22-9-17(23(24)25)21-18(22)27-11-16/h1-7,9,16H,8,10-11H2/t16-/m0/s1. The summed E-state index contributed by atoms with van der Waals surface area (Å²) in [6.45, 7) is 1.08. The van der Waals surface area contributed by atoms with E-state index in [4.69, 9.17) is 9.47 Å².